The van der Waals surface area contributed by atoms with Crippen molar-refractivity contribution < 1.29 is 29.3 Å². The third kappa shape index (κ3) is 5.67. The number of carbonyl (C=O) groups is 3. The molecule has 39 heavy (non-hydrogen) atoms. The van der Waals surface area contributed by atoms with Crippen LogP contribution in [0.4, 0.5) is 0 Å². The fourth-order valence-corrected chi connectivity index (χ4v) is 6.09. The minimum absolute atomic E-state index is 0.0467. The van der Waals surface area contributed by atoms with Crippen LogP contribution in [0.3, 0.4) is 0 Å². The van der Waals surface area contributed by atoms with E-state index in [1.807, 2.05) is 41.0 Å². The molecule has 204 valence electrons. The summed E-state index contributed by atoms with van der Waals surface area (Å²) in [6.45, 7) is 0.590. The number of hydrogen-bond donors (Lipinski definition) is 2. The molecule has 6 rings (SSSR count). The standard InChI is InChI=1S/C16H21NO3.C15H13NO3/c1-17-12-7-8-13(17)10-14(9-12)20-16(19)15(18)11-5-3-2-4-6-11;17-14(10-4-2-1-3-5-10)13-7-6-12-11(15(18)19)8-9-16(12)13/h2-6,12-15,18H,7-10H2,1H3;1-7,11H,8-9H2,(H,18,19)/t12-,13+,14?,15?;. The van der Waals surface area contributed by atoms with Crippen LogP contribution in [0.5, 0.6) is 0 Å². The Morgan fingerprint density at radius 1 is 0.872 bits per heavy atom. The van der Waals surface area contributed by atoms with Gasteiger partial charge in [0.2, 0.25) is 5.78 Å². The minimum atomic E-state index is -1.17. The highest BCUT2D eigenvalue weighted by Gasteiger charge is 2.40. The van der Waals surface area contributed by atoms with Gasteiger partial charge < -0.3 is 24.4 Å². The maximum absolute atomic E-state index is 12.4. The second-order valence-electron chi connectivity index (χ2n) is 10.6. The lowest BCUT2D eigenvalue weighted by Crippen LogP contribution is -2.43. The Morgan fingerprint density at radius 2 is 1.49 bits per heavy atom. The van der Waals surface area contributed by atoms with Gasteiger partial charge in [0.25, 0.3) is 0 Å². The van der Waals surface area contributed by atoms with Crippen molar-refractivity contribution in [1.29, 1.82) is 0 Å². The fraction of sp³-hybridized carbons (Fsp3) is 0.387. The van der Waals surface area contributed by atoms with E-state index in [1.165, 1.54) is 12.8 Å². The molecule has 0 amide bonds. The number of nitrogens with zero attached hydrogens (tertiary/aromatic N) is 2. The number of esters is 1. The van der Waals surface area contributed by atoms with Gasteiger partial charge >= 0.3 is 11.9 Å². The van der Waals surface area contributed by atoms with Crippen LogP contribution in [0.2, 0.25) is 0 Å². The number of carboxylic acid groups (broad SMARTS) is 1. The highest BCUT2D eigenvalue weighted by Crippen LogP contribution is 2.36. The first-order chi connectivity index (χ1) is 18.8. The van der Waals surface area contributed by atoms with Crippen molar-refractivity contribution in [1.82, 2.24) is 9.47 Å². The Balaban J connectivity index is 0.000000158. The highest BCUT2D eigenvalue weighted by molar-refractivity contribution is 6.08. The molecule has 2 aromatic carbocycles. The van der Waals surface area contributed by atoms with E-state index in [9.17, 15) is 19.5 Å². The summed E-state index contributed by atoms with van der Waals surface area (Å²) < 4.78 is 7.35. The number of hydrogen-bond acceptors (Lipinski definition) is 6. The minimum Gasteiger partial charge on any atom is -0.481 e. The molecule has 2 fully saturated rings. The van der Waals surface area contributed by atoms with Gasteiger partial charge in [0.05, 0.1) is 11.6 Å². The van der Waals surface area contributed by atoms with Gasteiger partial charge in [-0.15, -0.1) is 0 Å². The molecule has 3 aliphatic rings. The number of ketones is 1. The van der Waals surface area contributed by atoms with Gasteiger partial charge in [0.1, 0.15) is 6.10 Å². The van der Waals surface area contributed by atoms with E-state index in [1.54, 1.807) is 36.4 Å². The van der Waals surface area contributed by atoms with Gasteiger partial charge in [-0.1, -0.05) is 60.7 Å². The molecule has 1 aromatic heterocycles. The molecule has 2 bridgehead atoms. The molecule has 5 atom stereocenters. The van der Waals surface area contributed by atoms with Gasteiger partial charge in [0, 0.05) is 29.9 Å². The van der Waals surface area contributed by atoms with Gasteiger partial charge in [-0.05, 0) is 56.8 Å². The van der Waals surface area contributed by atoms with E-state index < -0.39 is 24.0 Å². The van der Waals surface area contributed by atoms with Crippen molar-refractivity contribution in [3.05, 3.63) is 95.3 Å². The van der Waals surface area contributed by atoms with Crippen LogP contribution < -0.4 is 0 Å². The van der Waals surface area contributed by atoms with Crippen molar-refractivity contribution >= 4 is 17.7 Å². The number of aliphatic hydroxyl groups excluding tert-OH is 1. The summed E-state index contributed by atoms with van der Waals surface area (Å²) >= 11 is 0. The number of carboxylic acids is 1. The van der Waals surface area contributed by atoms with Gasteiger partial charge in [0.15, 0.2) is 6.10 Å². The van der Waals surface area contributed by atoms with E-state index in [-0.39, 0.29) is 11.9 Å². The second kappa shape index (κ2) is 11.6. The van der Waals surface area contributed by atoms with Crippen molar-refractivity contribution in [3.8, 4) is 0 Å². The molecule has 3 unspecified atom stereocenters. The molecular weight excluding hydrogens is 496 g/mol. The van der Waals surface area contributed by atoms with Crippen molar-refractivity contribution in [2.75, 3.05) is 7.05 Å². The van der Waals surface area contributed by atoms with Crippen molar-refractivity contribution in [2.24, 2.45) is 0 Å². The molecule has 0 spiro atoms. The SMILES string of the molecule is CN1[C@@H]2CC[C@H]1CC(OC(=O)C(O)c1ccccc1)C2.O=C(c1ccccc1)c1ccc2n1CCC2C(=O)O. The number of ether oxygens (including phenoxy) is 1. The number of fused-ring (bicyclic) bond motifs is 3. The maximum Gasteiger partial charge on any atom is 0.339 e. The van der Waals surface area contributed by atoms with Gasteiger partial charge in [-0.2, -0.15) is 0 Å². The zero-order chi connectivity index (χ0) is 27.5. The third-order valence-electron chi connectivity index (χ3n) is 8.26. The number of piperidine rings is 1. The number of aromatic nitrogens is 1. The summed E-state index contributed by atoms with van der Waals surface area (Å²) in [7, 11) is 2.15. The molecule has 4 heterocycles. The number of benzene rings is 2. The van der Waals surface area contributed by atoms with Crippen molar-refractivity contribution in [2.45, 2.75) is 68.9 Å². The van der Waals surface area contributed by atoms with Crippen LogP contribution in [0.1, 0.15) is 71.4 Å². The highest BCUT2D eigenvalue weighted by atomic mass is 16.6. The second-order valence-corrected chi connectivity index (χ2v) is 10.6. The predicted molar refractivity (Wildman–Crippen MR) is 144 cm³/mol. The van der Waals surface area contributed by atoms with Crippen LogP contribution in [-0.2, 0) is 20.9 Å². The average molecular weight is 531 g/mol. The summed E-state index contributed by atoms with van der Waals surface area (Å²) in [5, 5.41) is 19.2. The topological polar surface area (TPSA) is 109 Å². The first-order valence-corrected chi connectivity index (χ1v) is 13.5. The zero-order valence-corrected chi connectivity index (χ0v) is 22.0. The molecule has 8 nitrogen and oxygen atoms in total. The van der Waals surface area contributed by atoms with E-state index in [0.29, 0.717) is 41.9 Å². The molecule has 3 aliphatic heterocycles. The molecule has 2 saturated heterocycles. The van der Waals surface area contributed by atoms with Gasteiger partial charge in [-0.25, -0.2) is 4.79 Å². The Bertz CT molecular complexity index is 1310. The average Bonchev–Trinajstić information content (AvgIpc) is 3.61. The van der Waals surface area contributed by atoms with E-state index >= 15 is 0 Å². The lowest BCUT2D eigenvalue weighted by atomic mass is 10.0. The largest absolute Gasteiger partial charge is 0.481 e. The lowest BCUT2D eigenvalue weighted by molar-refractivity contribution is -0.162. The van der Waals surface area contributed by atoms with E-state index in [2.05, 4.69) is 11.9 Å². The predicted octanol–water partition coefficient (Wildman–Crippen LogP) is 4.18. The number of carbonyl (C=O) groups excluding carboxylic acids is 2. The molecule has 3 aromatic rings. The molecule has 0 aliphatic carbocycles. The summed E-state index contributed by atoms with van der Waals surface area (Å²) in [5.74, 6) is -1.89. The molecule has 2 N–H and O–H groups in total. The van der Waals surface area contributed by atoms with Crippen LogP contribution >= 0.6 is 0 Å². The summed E-state index contributed by atoms with van der Waals surface area (Å²) in [6.07, 6.45) is 3.50. The van der Waals surface area contributed by atoms with E-state index in [0.717, 1.165) is 18.5 Å². The summed E-state index contributed by atoms with van der Waals surface area (Å²) in [6, 6.07) is 22.5. The smallest absolute Gasteiger partial charge is 0.339 e. The van der Waals surface area contributed by atoms with Crippen LogP contribution in [0.25, 0.3) is 0 Å². The van der Waals surface area contributed by atoms with Crippen LogP contribution in [0, 0.1) is 0 Å². The van der Waals surface area contributed by atoms with Crippen LogP contribution in [-0.4, -0.2) is 62.6 Å². The summed E-state index contributed by atoms with van der Waals surface area (Å²) in [5.41, 5.74) is 2.52. The monoisotopic (exact) mass is 530 g/mol. The van der Waals surface area contributed by atoms with Crippen molar-refractivity contribution in [3.63, 3.8) is 0 Å². The Kier molecular flexibility index (Phi) is 7.95. The van der Waals surface area contributed by atoms with E-state index in [4.69, 9.17) is 9.84 Å². The lowest BCUT2D eigenvalue weighted by Gasteiger charge is -2.36. The van der Waals surface area contributed by atoms with Gasteiger partial charge in [-0.3, -0.25) is 9.59 Å². The fourth-order valence-electron chi connectivity index (χ4n) is 6.09. The Hall–Kier alpha value is -3.75. The first kappa shape index (κ1) is 26.8. The number of aliphatic carboxylic acids is 1. The number of rotatable bonds is 6. The molecule has 0 saturated carbocycles. The quantitative estimate of drug-likeness (QED) is 0.364. The zero-order valence-electron chi connectivity index (χ0n) is 22.0. The normalized spacial score (nSPS) is 24.3. The molecule has 0 radical (unpaired) electrons. The first-order valence-electron chi connectivity index (χ1n) is 13.5. The molecule has 8 heteroatoms. The number of aliphatic hydroxyl groups is 1. The molecular formula is C31H34N2O6. The van der Waals surface area contributed by atoms with Crippen LogP contribution in [0.15, 0.2) is 72.8 Å². The maximum atomic E-state index is 12.4. The Labute approximate surface area is 227 Å². The Morgan fingerprint density at radius 3 is 2.10 bits per heavy atom. The summed E-state index contributed by atoms with van der Waals surface area (Å²) in [4.78, 5) is 37.9. The third-order valence-corrected chi connectivity index (χ3v) is 8.26.